The molecule has 0 saturated carbocycles. The van der Waals surface area contributed by atoms with E-state index >= 15 is 0 Å². The average molecular weight is 324 g/mol. The van der Waals surface area contributed by atoms with Gasteiger partial charge in [0.25, 0.3) is 5.91 Å². The van der Waals surface area contributed by atoms with Gasteiger partial charge in [-0.05, 0) is 24.3 Å². The van der Waals surface area contributed by atoms with E-state index < -0.39 is 0 Å². The Labute approximate surface area is 140 Å². The molecule has 0 bridgehead atoms. The number of carbonyl (C=O) groups is 1. The summed E-state index contributed by atoms with van der Waals surface area (Å²) in [6, 6.07) is 13.3. The quantitative estimate of drug-likeness (QED) is 0.573. The molecule has 2 heterocycles. The van der Waals surface area contributed by atoms with Crippen LogP contribution < -0.4 is 10.6 Å². The highest BCUT2D eigenvalue weighted by molar-refractivity contribution is 5.95. The molecule has 0 aliphatic heterocycles. The summed E-state index contributed by atoms with van der Waals surface area (Å²) in [6.07, 6.45) is 3.90. The second-order valence-electron chi connectivity index (χ2n) is 5.40. The first-order chi connectivity index (χ1) is 11.8. The molecule has 6 nitrogen and oxygen atoms in total. The summed E-state index contributed by atoms with van der Waals surface area (Å²) >= 11 is 0. The Morgan fingerprint density at radius 1 is 1.12 bits per heavy atom. The fourth-order valence-corrected chi connectivity index (χ4v) is 2.46. The minimum absolute atomic E-state index is 0.0923. The Balaban J connectivity index is 1.70. The van der Waals surface area contributed by atoms with E-state index in [1.807, 2.05) is 53.2 Å². The van der Waals surface area contributed by atoms with Gasteiger partial charge in [0.05, 0.1) is 12.3 Å². The van der Waals surface area contributed by atoms with Crippen LogP contribution in [0.3, 0.4) is 0 Å². The molecule has 1 amide bonds. The second-order valence-corrected chi connectivity index (χ2v) is 5.40. The summed E-state index contributed by atoms with van der Waals surface area (Å²) in [5.41, 5.74) is 3.22. The molecular formula is C18H20N4O2. The number of amides is 1. The fourth-order valence-electron chi connectivity index (χ4n) is 2.46. The van der Waals surface area contributed by atoms with Gasteiger partial charge in [0.1, 0.15) is 5.65 Å². The number of hydrogen-bond donors (Lipinski definition) is 3. The number of carbonyl (C=O) groups excluding carboxylic acids is 1. The number of hydrogen-bond acceptors (Lipinski definition) is 4. The minimum atomic E-state index is -0.119. The lowest BCUT2D eigenvalue weighted by molar-refractivity contribution is 0.0954. The Bertz CT molecular complexity index is 796. The zero-order chi connectivity index (χ0) is 16.8. The van der Waals surface area contributed by atoms with Crippen molar-refractivity contribution in [2.24, 2.45) is 0 Å². The lowest BCUT2D eigenvalue weighted by atomic mass is 10.1. The van der Waals surface area contributed by atoms with Crippen molar-refractivity contribution in [3.05, 3.63) is 60.4 Å². The van der Waals surface area contributed by atoms with Gasteiger partial charge in [0.15, 0.2) is 0 Å². The van der Waals surface area contributed by atoms with Gasteiger partial charge in [-0.2, -0.15) is 0 Å². The lowest BCUT2D eigenvalue weighted by Crippen LogP contribution is -2.32. The van der Waals surface area contributed by atoms with Crippen LogP contribution in [0.4, 0.5) is 0 Å². The highest BCUT2D eigenvalue weighted by Gasteiger charge is 2.09. The third-order valence-corrected chi connectivity index (χ3v) is 3.66. The van der Waals surface area contributed by atoms with Crippen molar-refractivity contribution >= 4 is 11.6 Å². The predicted molar refractivity (Wildman–Crippen MR) is 92.9 cm³/mol. The largest absolute Gasteiger partial charge is 0.395 e. The smallest absolute Gasteiger partial charge is 0.251 e. The van der Waals surface area contributed by atoms with Gasteiger partial charge in [-0.15, -0.1) is 0 Å². The minimum Gasteiger partial charge on any atom is -0.395 e. The van der Waals surface area contributed by atoms with Crippen molar-refractivity contribution in [2.75, 3.05) is 26.2 Å². The molecule has 1 aromatic carbocycles. The number of pyridine rings is 1. The zero-order valence-corrected chi connectivity index (χ0v) is 13.3. The molecule has 0 atom stereocenters. The highest BCUT2D eigenvalue weighted by atomic mass is 16.3. The van der Waals surface area contributed by atoms with Crippen LogP contribution in [-0.4, -0.2) is 46.6 Å². The first-order valence-electron chi connectivity index (χ1n) is 7.92. The van der Waals surface area contributed by atoms with Gasteiger partial charge in [0.2, 0.25) is 0 Å². The molecule has 2 aromatic heterocycles. The van der Waals surface area contributed by atoms with Crippen molar-refractivity contribution in [2.45, 2.75) is 0 Å². The molecule has 0 fully saturated rings. The van der Waals surface area contributed by atoms with Crippen LogP contribution in [0, 0.1) is 0 Å². The normalized spacial score (nSPS) is 10.9. The number of aliphatic hydroxyl groups is 1. The van der Waals surface area contributed by atoms with E-state index in [0.717, 1.165) is 16.9 Å². The van der Waals surface area contributed by atoms with Crippen molar-refractivity contribution in [3.8, 4) is 11.3 Å². The van der Waals surface area contributed by atoms with Crippen molar-refractivity contribution < 1.29 is 9.90 Å². The summed E-state index contributed by atoms with van der Waals surface area (Å²) < 4.78 is 1.95. The maximum atomic E-state index is 12.2. The first-order valence-corrected chi connectivity index (χ1v) is 7.92. The molecule has 124 valence electrons. The van der Waals surface area contributed by atoms with Crippen LogP contribution in [0.25, 0.3) is 16.9 Å². The molecule has 0 spiro atoms. The Morgan fingerprint density at radius 2 is 2.04 bits per heavy atom. The molecular weight excluding hydrogens is 304 g/mol. The summed E-state index contributed by atoms with van der Waals surface area (Å²) in [7, 11) is 0. The van der Waals surface area contributed by atoms with Gasteiger partial charge >= 0.3 is 0 Å². The van der Waals surface area contributed by atoms with E-state index in [4.69, 9.17) is 5.11 Å². The summed E-state index contributed by atoms with van der Waals surface area (Å²) in [6.45, 7) is 1.75. The van der Waals surface area contributed by atoms with Gasteiger partial charge in [0, 0.05) is 43.2 Å². The van der Waals surface area contributed by atoms with Gasteiger partial charge in [-0.25, -0.2) is 4.98 Å². The van der Waals surface area contributed by atoms with E-state index in [0.29, 0.717) is 25.2 Å². The van der Waals surface area contributed by atoms with Crippen LogP contribution in [0.2, 0.25) is 0 Å². The SMILES string of the molecule is O=C(NCCNCCO)c1cccc(-c2cn3ccccc3n2)c1. The molecule has 6 heteroatoms. The van der Waals surface area contributed by atoms with Crippen LogP contribution in [-0.2, 0) is 0 Å². The van der Waals surface area contributed by atoms with Crippen molar-refractivity contribution in [1.82, 2.24) is 20.0 Å². The Kier molecular flexibility index (Phi) is 5.20. The van der Waals surface area contributed by atoms with E-state index in [2.05, 4.69) is 15.6 Å². The molecule has 3 aromatic rings. The van der Waals surface area contributed by atoms with Gasteiger partial charge in [-0.3, -0.25) is 4.79 Å². The van der Waals surface area contributed by atoms with Crippen molar-refractivity contribution in [3.63, 3.8) is 0 Å². The fraction of sp³-hybridized carbons (Fsp3) is 0.222. The molecule has 0 unspecified atom stereocenters. The molecule has 24 heavy (non-hydrogen) atoms. The summed E-state index contributed by atoms with van der Waals surface area (Å²) in [4.78, 5) is 16.8. The van der Waals surface area contributed by atoms with Crippen LogP contribution in [0.5, 0.6) is 0 Å². The Morgan fingerprint density at radius 3 is 2.88 bits per heavy atom. The number of aliphatic hydroxyl groups excluding tert-OH is 1. The first kappa shape index (κ1) is 16.2. The third kappa shape index (κ3) is 3.79. The van der Waals surface area contributed by atoms with Crippen molar-refractivity contribution in [1.29, 1.82) is 0 Å². The standard InChI is InChI=1S/C18H20N4O2/c23-11-9-19-7-8-20-18(24)15-5-3-4-14(12-15)16-13-22-10-2-1-6-17(22)21-16/h1-6,10,12-13,19,23H,7-9,11H2,(H,20,24). The van der Waals surface area contributed by atoms with Crippen LogP contribution >= 0.6 is 0 Å². The lowest BCUT2D eigenvalue weighted by Gasteiger charge is -2.07. The van der Waals surface area contributed by atoms with E-state index in [-0.39, 0.29) is 12.5 Å². The number of nitrogens with one attached hydrogen (secondary N) is 2. The van der Waals surface area contributed by atoms with Crippen LogP contribution in [0.1, 0.15) is 10.4 Å². The van der Waals surface area contributed by atoms with E-state index in [1.54, 1.807) is 6.07 Å². The number of benzene rings is 1. The molecule has 3 N–H and O–H groups in total. The molecule has 0 aliphatic rings. The molecule has 0 aliphatic carbocycles. The van der Waals surface area contributed by atoms with E-state index in [9.17, 15) is 4.79 Å². The Hall–Kier alpha value is -2.70. The van der Waals surface area contributed by atoms with Gasteiger partial charge in [-0.1, -0.05) is 18.2 Å². The maximum absolute atomic E-state index is 12.2. The third-order valence-electron chi connectivity index (χ3n) is 3.66. The number of fused-ring (bicyclic) bond motifs is 1. The maximum Gasteiger partial charge on any atom is 0.251 e. The van der Waals surface area contributed by atoms with Crippen LogP contribution in [0.15, 0.2) is 54.9 Å². The molecule has 0 saturated heterocycles. The number of imidazole rings is 1. The average Bonchev–Trinajstić information content (AvgIpc) is 3.06. The number of nitrogens with zero attached hydrogens (tertiary/aromatic N) is 2. The summed E-state index contributed by atoms with van der Waals surface area (Å²) in [5.74, 6) is -0.119. The zero-order valence-electron chi connectivity index (χ0n) is 13.3. The number of aromatic nitrogens is 2. The monoisotopic (exact) mass is 324 g/mol. The highest BCUT2D eigenvalue weighted by Crippen LogP contribution is 2.20. The second kappa shape index (κ2) is 7.72. The predicted octanol–water partition coefficient (Wildman–Crippen LogP) is 1.31. The molecule has 0 radical (unpaired) electrons. The summed E-state index contributed by atoms with van der Waals surface area (Å²) in [5, 5.41) is 14.6. The van der Waals surface area contributed by atoms with Gasteiger partial charge < -0.3 is 20.1 Å². The number of rotatable bonds is 7. The van der Waals surface area contributed by atoms with E-state index in [1.165, 1.54) is 0 Å². The molecule has 3 rings (SSSR count). The topological polar surface area (TPSA) is 78.7 Å².